The van der Waals surface area contributed by atoms with Gasteiger partial charge in [-0.05, 0) is 10.1 Å². The van der Waals surface area contributed by atoms with Gasteiger partial charge in [0.15, 0.2) is 5.69 Å². The Morgan fingerprint density at radius 2 is 2.08 bits per heavy atom. The van der Waals surface area contributed by atoms with Gasteiger partial charge >= 0.3 is 0 Å². The molecule has 13 heavy (non-hydrogen) atoms. The molecule has 0 aliphatic heterocycles. The summed E-state index contributed by atoms with van der Waals surface area (Å²) in [6.07, 6.45) is 1.19. The fourth-order valence-corrected chi connectivity index (χ4v) is 1.44. The zero-order chi connectivity index (χ0) is 8.84. The summed E-state index contributed by atoms with van der Waals surface area (Å²) in [5, 5.41) is 21.9. The Labute approximate surface area is 71.4 Å². The van der Waals surface area contributed by atoms with Gasteiger partial charge in [0.1, 0.15) is 5.69 Å². The summed E-state index contributed by atoms with van der Waals surface area (Å²) in [7, 11) is 0. The zero-order valence-electron chi connectivity index (χ0n) is 6.43. The van der Waals surface area contributed by atoms with Crippen LogP contribution in [0, 0.1) is 5.21 Å². The topological polar surface area (TPSA) is 91.9 Å². The third-order valence-electron chi connectivity index (χ3n) is 2.08. The van der Waals surface area contributed by atoms with Gasteiger partial charge in [0.2, 0.25) is 5.69 Å². The maximum absolute atomic E-state index is 11.0. The second-order valence-corrected chi connectivity index (χ2v) is 2.78. The molecule has 0 radical (unpaired) electrons. The molecule has 0 amide bonds. The number of hydrogen-bond donors (Lipinski definition) is 0. The molecule has 3 rings (SSSR count). The molecule has 0 spiro atoms. The summed E-state index contributed by atoms with van der Waals surface area (Å²) >= 11 is 0. The molecule has 0 saturated carbocycles. The Morgan fingerprint density at radius 1 is 1.15 bits per heavy atom. The van der Waals surface area contributed by atoms with Gasteiger partial charge in [0, 0.05) is 18.0 Å². The molecule has 0 atom stereocenters. The highest BCUT2D eigenvalue weighted by molar-refractivity contribution is 5.59. The molecule has 0 fully saturated rings. The van der Waals surface area contributed by atoms with E-state index < -0.39 is 0 Å². The van der Waals surface area contributed by atoms with Crippen molar-refractivity contribution >= 4 is 0 Å². The quantitative estimate of drug-likeness (QED) is 0.505. The van der Waals surface area contributed by atoms with E-state index in [2.05, 4.69) is 24.7 Å². The zero-order valence-corrected chi connectivity index (χ0v) is 6.43. The number of nitrogens with zero attached hydrogens (tertiary/aromatic N) is 4. The molecule has 0 bridgehead atoms. The first-order valence-electron chi connectivity index (χ1n) is 3.76. The third kappa shape index (κ3) is 0.727. The van der Waals surface area contributed by atoms with Crippen molar-refractivity contribution < 1.29 is 14.2 Å². The Balaban J connectivity index is 2.31. The van der Waals surface area contributed by atoms with Crippen LogP contribution in [0.3, 0.4) is 0 Å². The lowest BCUT2D eigenvalue weighted by Crippen LogP contribution is -2.29. The molecule has 7 nitrogen and oxygen atoms in total. The van der Waals surface area contributed by atoms with Crippen molar-refractivity contribution in [3.05, 3.63) is 16.6 Å². The van der Waals surface area contributed by atoms with Crippen molar-refractivity contribution in [3.8, 4) is 11.4 Å². The van der Waals surface area contributed by atoms with E-state index in [1.807, 2.05) is 0 Å². The molecular weight excluding hydrogens is 176 g/mol. The van der Waals surface area contributed by atoms with E-state index in [4.69, 9.17) is 0 Å². The SMILES string of the molecule is [O-][n+]1onc2c1CCc1nonc1-2. The monoisotopic (exact) mass is 180 g/mol. The van der Waals surface area contributed by atoms with Gasteiger partial charge in [-0.15, -0.1) is 0 Å². The molecule has 2 aromatic heterocycles. The van der Waals surface area contributed by atoms with Gasteiger partial charge in [-0.1, -0.05) is 5.16 Å². The van der Waals surface area contributed by atoms with E-state index >= 15 is 0 Å². The van der Waals surface area contributed by atoms with Crippen LogP contribution in [-0.2, 0) is 12.8 Å². The van der Waals surface area contributed by atoms with Crippen LogP contribution in [0.4, 0.5) is 0 Å². The Morgan fingerprint density at radius 3 is 3.00 bits per heavy atom. The van der Waals surface area contributed by atoms with Crippen molar-refractivity contribution in [1.29, 1.82) is 0 Å². The summed E-state index contributed by atoms with van der Waals surface area (Å²) in [6, 6.07) is 0. The van der Waals surface area contributed by atoms with Crippen LogP contribution in [0.5, 0.6) is 0 Å². The smallest absolute Gasteiger partial charge is 0.275 e. The van der Waals surface area contributed by atoms with E-state index in [0.717, 1.165) is 5.69 Å². The first-order valence-corrected chi connectivity index (χ1v) is 3.76. The number of aryl methyl sites for hydroxylation is 1. The van der Waals surface area contributed by atoms with Crippen LogP contribution in [0.15, 0.2) is 9.26 Å². The summed E-state index contributed by atoms with van der Waals surface area (Å²) in [6.45, 7) is 0. The predicted molar refractivity (Wildman–Crippen MR) is 36.2 cm³/mol. The third-order valence-corrected chi connectivity index (χ3v) is 2.08. The van der Waals surface area contributed by atoms with Gasteiger partial charge < -0.3 is 5.21 Å². The Hall–Kier alpha value is -1.92. The Bertz CT molecular complexity index is 460. The van der Waals surface area contributed by atoms with Crippen LogP contribution < -0.4 is 4.90 Å². The fourth-order valence-electron chi connectivity index (χ4n) is 1.44. The standard InChI is InChI=1S/C6H4N4O3/c11-10-4-2-1-3-5(8-12-7-3)6(4)9-13-10/h1-2H2. The van der Waals surface area contributed by atoms with Gasteiger partial charge in [0.25, 0.3) is 5.69 Å². The lowest BCUT2D eigenvalue weighted by Gasteiger charge is -2.00. The van der Waals surface area contributed by atoms with E-state index in [1.54, 1.807) is 0 Å². The van der Waals surface area contributed by atoms with Crippen molar-refractivity contribution in [2.45, 2.75) is 12.8 Å². The number of rotatable bonds is 0. The van der Waals surface area contributed by atoms with Crippen LogP contribution in [0.2, 0.25) is 0 Å². The maximum atomic E-state index is 11.0. The summed E-state index contributed by atoms with van der Waals surface area (Å²) < 4.78 is 8.99. The molecule has 2 aromatic rings. The summed E-state index contributed by atoms with van der Waals surface area (Å²) in [5.41, 5.74) is 2.17. The van der Waals surface area contributed by atoms with Gasteiger partial charge in [-0.25, -0.2) is 4.63 Å². The van der Waals surface area contributed by atoms with Crippen molar-refractivity contribution in [2.75, 3.05) is 0 Å². The van der Waals surface area contributed by atoms with Crippen molar-refractivity contribution in [2.24, 2.45) is 0 Å². The molecule has 7 heteroatoms. The van der Waals surface area contributed by atoms with Crippen LogP contribution in [0.25, 0.3) is 11.4 Å². The van der Waals surface area contributed by atoms with E-state index in [0.29, 0.717) is 34.8 Å². The first-order chi connectivity index (χ1) is 6.36. The van der Waals surface area contributed by atoms with E-state index in [1.165, 1.54) is 0 Å². The van der Waals surface area contributed by atoms with E-state index in [-0.39, 0.29) is 0 Å². The molecule has 1 aliphatic carbocycles. The number of hydrogen-bond acceptors (Lipinski definition) is 6. The highest BCUT2D eigenvalue weighted by atomic mass is 16.8. The molecule has 1 aliphatic rings. The van der Waals surface area contributed by atoms with Crippen molar-refractivity contribution in [3.63, 3.8) is 0 Å². The minimum absolute atomic E-state index is 0.396. The molecule has 2 heterocycles. The normalized spacial score (nSPS) is 13.8. The Kier molecular flexibility index (Phi) is 1.04. The highest BCUT2D eigenvalue weighted by Gasteiger charge is 2.31. The van der Waals surface area contributed by atoms with Gasteiger partial charge in [-0.3, -0.25) is 4.63 Å². The highest BCUT2D eigenvalue weighted by Crippen LogP contribution is 2.26. The largest absolute Gasteiger partial charge is 0.359 e. The summed E-state index contributed by atoms with van der Waals surface area (Å²) in [5.74, 6) is 0. The van der Waals surface area contributed by atoms with Crippen LogP contribution in [-0.4, -0.2) is 15.5 Å². The predicted octanol–water partition coefficient (Wildman–Crippen LogP) is -0.543. The molecule has 66 valence electrons. The van der Waals surface area contributed by atoms with E-state index in [9.17, 15) is 5.21 Å². The minimum Gasteiger partial charge on any atom is -0.359 e. The van der Waals surface area contributed by atoms with Gasteiger partial charge in [-0.2, -0.15) is 0 Å². The molecule has 0 unspecified atom stereocenters. The summed E-state index contributed by atoms with van der Waals surface area (Å²) in [4.78, 5) is 0.396. The average Bonchev–Trinajstić information content (AvgIpc) is 2.70. The van der Waals surface area contributed by atoms with Crippen LogP contribution in [0.1, 0.15) is 11.4 Å². The maximum Gasteiger partial charge on any atom is 0.275 e. The molecule has 0 saturated heterocycles. The van der Waals surface area contributed by atoms with Gasteiger partial charge in [0.05, 0.1) is 0 Å². The molecule has 0 aromatic carbocycles. The van der Waals surface area contributed by atoms with Crippen LogP contribution >= 0.6 is 0 Å². The van der Waals surface area contributed by atoms with Crippen molar-refractivity contribution in [1.82, 2.24) is 15.5 Å². The average molecular weight is 180 g/mol. The lowest BCUT2D eigenvalue weighted by atomic mass is 10.0. The molecule has 0 N–H and O–H groups in total. The molecular formula is C6H4N4O3. The second-order valence-electron chi connectivity index (χ2n) is 2.78. The lowest BCUT2D eigenvalue weighted by molar-refractivity contribution is -0.807. The fraction of sp³-hybridized carbons (Fsp3) is 0.333. The number of fused-ring (bicyclic) bond motifs is 3. The first kappa shape index (κ1) is 6.58. The minimum atomic E-state index is 0.396. The second kappa shape index (κ2) is 2.06. The number of aromatic nitrogens is 4.